The minimum absolute atomic E-state index is 0.417. The summed E-state index contributed by atoms with van der Waals surface area (Å²) in [5, 5.41) is 4.08. The maximum absolute atomic E-state index is 10.4. The second-order valence-electron chi connectivity index (χ2n) is 2.66. The van der Waals surface area contributed by atoms with Crippen molar-refractivity contribution in [2.24, 2.45) is 0 Å². The number of rotatable bonds is 2. The average molecular weight is 252 g/mol. The van der Waals surface area contributed by atoms with Crippen molar-refractivity contribution in [3.8, 4) is 5.69 Å². The van der Waals surface area contributed by atoms with Gasteiger partial charge in [0.1, 0.15) is 5.69 Å². The van der Waals surface area contributed by atoms with E-state index in [0.717, 1.165) is 10.2 Å². The number of aromatic nitrogens is 3. The number of hydrogen-bond donors (Lipinski definition) is 0. The highest BCUT2D eigenvalue weighted by molar-refractivity contribution is 9.10. The summed E-state index contributed by atoms with van der Waals surface area (Å²) in [6.07, 6.45) is 5.82. The van der Waals surface area contributed by atoms with Gasteiger partial charge in [0.25, 0.3) is 0 Å². The number of carbonyl (C=O) groups excluding carboxylic acids is 1. The van der Waals surface area contributed by atoms with E-state index in [1.165, 1.54) is 0 Å². The van der Waals surface area contributed by atoms with E-state index in [9.17, 15) is 4.79 Å². The third-order valence-corrected chi connectivity index (χ3v) is 2.12. The summed E-state index contributed by atoms with van der Waals surface area (Å²) < 4.78 is 2.57. The number of nitrogens with zero attached hydrogens (tertiary/aromatic N) is 3. The first kappa shape index (κ1) is 9.08. The Balaban J connectivity index is 2.38. The maximum atomic E-state index is 10.4. The molecule has 2 heterocycles. The Bertz CT molecular complexity index is 449. The van der Waals surface area contributed by atoms with Crippen LogP contribution in [0.4, 0.5) is 0 Å². The largest absolute Gasteiger partial charge is 0.296 e. The Kier molecular flexibility index (Phi) is 2.41. The van der Waals surface area contributed by atoms with E-state index in [1.807, 2.05) is 6.20 Å². The van der Waals surface area contributed by atoms with Crippen molar-refractivity contribution >= 4 is 22.2 Å². The summed E-state index contributed by atoms with van der Waals surface area (Å²) in [5.74, 6) is 0. The van der Waals surface area contributed by atoms with Gasteiger partial charge in [0.2, 0.25) is 0 Å². The SMILES string of the molecule is O=Cc1ccc(-n2cc(Br)cn2)cn1. The lowest BCUT2D eigenvalue weighted by atomic mass is 10.3. The zero-order valence-corrected chi connectivity index (χ0v) is 8.68. The molecule has 2 aromatic rings. The van der Waals surface area contributed by atoms with Crippen molar-refractivity contribution < 1.29 is 4.79 Å². The highest BCUT2D eigenvalue weighted by Crippen LogP contribution is 2.11. The van der Waals surface area contributed by atoms with Crippen LogP contribution in [0.1, 0.15) is 10.5 Å². The highest BCUT2D eigenvalue weighted by Gasteiger charge is 1.99. The van der Waals surface area contributed by atoms with Crippen molar-refractivity contribution in [3.05, 3.63) is 40.9 Å². The fourth-order valence-corrected chi connectivity index (χ4v) is 1.33. The van der Waals surface area contributed by atoms with Gasteiger partial charge in [-0.15, -0.1) is 0 Å². The summed E-state index contributed by atoms with van der Waals surface area (Å²) in [4.78, 5) is 14.3. The Morgan fingerprint density at radius 2 is 2.21 bits per heavy atom. The molecule has 0 amide bonds. The van der Waals surface area contributed by atoms with E-state index >= 15 is 0 Å². The van der Waals surface area contributed by atoms with Crippen LogP contribution in [0.2, 0.25) is 0 Å². The third kappa shape index (κ3) is 1.72. The molecule has 0 bridgehead atoms. The lowest BCUT2D eigenvalue weighted by Gasteiger charge is -1.99. The van der Waals surface area contributed by atoms with E-state index in [0.29, 0.717) is 12.0 Å². The van der Waals surface area contributed by atoms with Crippen molar-refractivity contribution in [2.75, 3.05) is 0 Å². The average Bonchev–Trinajstić information content (AvgIpc) is 2.65. The lowest BCUT2D eigenvalue weighted by molar-refractivity contribution is 0.111. The number of halogens is 1. The van der Waals surface area contributed by atoms with Crippen LogP contribution in [0.3, 0.4) is 0 Å². The van der Waals surface area contributed by atoms with Crippen LogP contribution < -0.4 is 0 Å². The zero-order chi connectivity index (χ0) is 9.97. The van der Waals surface area contributed by atoms with E-state index in [2.05, 4.69) is 26.0 Å². The molecule has 2 rings (SSSR count). The van der Waals surface area contributed by atoms with Crippen LogP contribution in [-0.2, 0) is 0 Å². The number of carbonyl (C=O) groups is 1. The topological polar surface area (TPSA) is 47.8 Å². The first-order chi connectivity index (χ1) is 6.79. The van der Waals surface area contributed by atoms with Gasteiger partial charge in [-0.1, -0.05) is 0 Å². The van der Waals surface area contributed by atoms with Gasteiger partial charge in [0.15, 0.2) is 6.29 Å². The molecular formula is C9H6BrN3O. The normalized spacial score (nSPS) is 10.1. The van der Waals surface area contributed by atoms with E-state index in [-0.39, 0.29) is 0 Å². The zero-order valence-electron chi connectivity index (χ0n) is 7.09. The minimum Gasteiger partial charge on any atom is -0.296 e. The molecule has 4 nitrogen and oxygen atoms in total. The molecule has 2 aromatic heterocycles. The first-order valence-corrected chi connectivity index (χ1v) is 4.70. The molecule has 70 valence electrons. The molecule has 0 aliphatic heterocycles. The molecule has 0 saturated carbocycles. The molecule has 0 radical (unpaired) electrons. The second-order valence-corrected chi connectivity index (χ2v) is 3.58. The molecule has 0 aliphatic rings. The molecule has 0 unspecified atom stereocenters. The van der Waals surface area contributed by atoms with Crippen LogP contribution in [0.5, 0.6) is 0 Å². The van der Waals surface area contributed by atoms with Gasteiger partial charge in [-0.3, -0.25) is 9.78 Å². The van der Waals surface area contributed by atoms with Crippen LogP contribution >= 0.6 is 15.9 Å². The van der Waals surface area contributed by atoms with Crippen LogP contribution in [-0.4, -0.2) is 21.1 Å². The molecule has 14 heavy (non-hydrogen) atoms. The van der Waals surface area contributed by atoms with Crippen molar-refractivity contribution in [1.29, 1.82) is 0 Å². The molecule has 0 saturated heterocycles. The predicted octanol–water partition coefficient (Wildman–Crippen LogP) is 1.84. The summed E-state index contributed by atoms with van der Waals surface area (Å²) in [6, 6.07) is 3.44. The molecule has 0 aliphatic carbocycles. The van der Waals surface area contributed by atoms with Crippen molar-refractivity contribution in [2.45, 2.75) is 0 Å². The number of aldehydes is 1. The smallest absolute Gasteiger partial charge is 0.168 e. The van der Waals surface area contributed by atoms with Gasteiger partial charge in [0.05, 0.1) is 22.6 Å². The van der Waals surface area contributed by atoms with Gasteiger partial charge in [0, 0.05) is 6.20 Å². The van der Waals surface area contributed by atoms with Crippen LogP contribution in [0, 0.1) is 0 Å². The van der Waals surface area contributed by atoms with E-state index in [4.69, 9.17) is 0 Å². The standard InChI is InChI=1S/C9H6BrN3O/c10-7-3-12-13(5-7)9-2-1-8(6-14)11-4-9/h1-6H. The molecule has 0 fully saturated rings. The lowest BCUT2D eigenvalue weighted by Crippen LogP contribution is -1.96. The summed E-state index contributed by atoms with van der Waals surface area (Å²) in [6.45, 7) is 0. The highest BCUT2D eigenvalue weighted by atomic mass is 79.9. The second kappa shape index (κ2) is 3.71. The van der Waals surface area contributed by atoms with E-state index < -0.39 is 0 Å². The summed E-state index contributed by atoms with van der Waals surface area (Å²) in [5.41, 5.74) is 1.24. The van der Waals surface area contributed by atoms with Crippen LogP contribution in [0.25, 0.3) is 5.69 Å². The maximum Gasteiger partial charge on any atom is 0.168 e. The minimum atomic E-state index is 0.417. The fourth-order valence-electron chi connectivity index (χ4n) is 1.04. The summed E-state index contributed by atoms with van der Waals surface area (Å²) >= 11 is 3.30. The Morgan fingerprint density at radius 3 is 2.71 bits per heavy atom. The first-order valence-electron chi connectivity index (χ1n) is 3.91. The molecule has 0 N–H and O–H groups in total. The van der Waals surface area contributed by atoms with Gasteiger partial charge in [-0.25, -0.2) is 4.68 Å². The van der Waals surface area contributed by atoms with Gasteiger partial charge >= 0.3 is 0 Å². The molecule has 0 atom stereocenters. The fraction of sp³-hybridized carbons (Fsp3) is 0. The van der Waals surface area contributed by atoms with Crippen molar-refractivity contribution in [3.63, 3.8) is 0 Å². The van der Waals surface area contributed by atoms with Gasteiger partial charge in [-0.05, 0) is 28.1 Å². The summed E-state index contributed by atoms with van der Waals surface area (Å²) in [7, 11) is 0. The Labute approximate surface area is 88.7 Å². The van der Waals surface area contributed by atoms with Gasteiger partial charge in [-0.2, -0.15) is 5.10 Å². The molecule has 0 aromatic carbocycles. The predicted molar refractivity (Wildman–Crippen MR) is 54.4 cm³/mol. The Morgan fingerprint density at radius 1 is 1.36 bits per heavy atom. The third-order valence-electron chi connectivity index (χ3n) is 1.71. The molecule has 0 spiro atoms. The number of pyridine rings is 1. The van der Waals surface area contributed by atoms with Gasteiger partial charge < -0.3 is 0 Å². The van der Waals surface area contributed by atoms with E-state index in [1.54, 1.807) is 29.2 Å². The molecular weight excluding hydrogens is 246 g/mol. The van der Waals surface area contributed by atoms with Crippen LogP contribution in [0.15, 0.2) is 35.2 Å². The number of hydrogen-bond acceptors (Lipinski definition) is 3. The Hall–Kier alpha value is -1.49. The monoisotopic (exact) mass is 251 g/mol. The van der Waals surface area contributed by atoms with Crippen molar-refractivity contribution in [1.82, 2.24) is 14.8 Å². The quantitative estimate of drug-likeness (QED) is 0.766. The molecule has 5 heteroatoms.